The van der Waals surface area contributed by atoms with Gasteiger partial charge in [0.05, 0.1) is 18.8 Å². The fourth-order valence-electron chi connectivity index (χ4n) is 2.49. The predicted octanol–water partition coefficient (Wildman–Crippen LogP) is 3.22. The van der Waals surface area contributed by atoms with Crippen LogP contribution in [-0.2, 0) is 0 Å². The van der Waals surface area contributed by atoms with E-state index in [9.17, 15) is 9.50 Å². The van der Waals surface area contributed by atoms with E-state index in [0.29, 0.717) is 6.61 Å². The molecule has 0 amide bonds. The fourth-order valence-corrected chi connectivity index (χ4v) is 2.49. The highest BCUT2D eigenvalue weighted by molar-refractivity contribution is 5.23. The maximum absolute atomic E-state index is 13.4. The third-order valence-electron chi connectivity index (χ3n) is 3.84. The molecule has 2 atom stereocenters. The summed E-state index contributed by atoms with van der Waals surface area (Å²) in [6.07, 6.45) is 5.02. The Hall–Kier alpha value is -1.95. The number of benzene rings is 1. The van der Waals surface area contributed by atoms with Gasteiger partial charge in [-0.2, -0.15) is 5.10 Å². The van der Waals surface area contributed by atoms with E-state index >= 15 is 0 Å². The normalized spacial score (nSPS) is 14.0. The van der Waals surface area contributed by atoms with E-state index < -0.39 is 6.10 Å². The predicted molar refractivity (Wildman–Crippen MR) is 85.6 cm³/mol. The second-order valence-corrected chi connectivity index (χ2v) is 5.95. The molecular formula is C17H24FN3O2. The van der Waals surface area contributed by atoms with Crippen LogP contribution in [0.2, 0.25) is 0 Å². The summed E-state index contributed by atoms with van der Waals surface area (Å²) >= 11 is 0. The molecule has 0 aliphatic carbocycles. The van der Waals surface area contributed by atoms with Crippen LogP contribution in [0.5, 0.6) is 5.75 Å². The van der Waals surface area contributed by atoms with Crippen molar-refractivity contribution in [3.05, 3.63) is 42.7 Å². The van der Waals surface area contributed by atoms with Crippen molar-refractivity contribution in [2.24, 2.45) is 5.92 Å². The van der Waals surface area contributed by atoms with Gasteiger partial charge in [-0.1, -0.05) is 26.0 Å². The molecule has 0 bridgehead atoms. The van der Waals surface area contributed by atoms with Crippen LogP contribution in [0.3, 0.4) is 0 Å². The molecule has 1 aromatic heterocycles. The molecule has 5 nitrogen and oxygen atoms in total. The van der Waals surface area contributed by atoms with E-state index in [0.717, 1.165) is 19.3 Å². The number of hydrogen-bond acceptors (Lipinski definition) is 4. The Labute approximate surface area is 136 Å². The summed E-state index contributed by atoms with van der Waals surface area (Å²) in [5.74, 6) is 0.0737. The minimum absolute atomic E-state index is 0.106. The molecule has 0 radical (unpaired) electrons. The number of nitrogens with zero attached hydrogens (tertiary/aromatic N) is 3. The zero-order valence-corrected chi connectivity index (χ0v) is 13.6. The second kappa shape index (κ2) is 8.62. The molecule has 6 heteroatoms. The van der Waals surface area contributed by atoms with E-state index in [-0.39, 0.29) is 23.5 Å². The van der Waals surface area contributed by atoms with Crippen LogP contribution < -0.4 is 4.74 Å². The van der Waals surface area contributed by atoms with Crippen LogP contribution in [-0.4, -0.2) is 32.6 Å². The molecule has 0 saturated heterocycles. The average molecular weight is 321 g/mol. The van der Waals surface area contributed by atoms with Crippen molar-refractivity contribution in [3.8, 4) is 5.75 Å². The fraction of sp³-hybridized carbons (Fsp3) is 0.529. The smallest absolute Gasteiger partial charge is 0.165 e. The van der Waals surface area contributed by atoms with Crippen LogP contribution in [0.1, 0.15) is 39.2 Å². The Balaban J connectivity index is 1.79. The van der Waals surface area contributed by atoms with Gasteiger partial charge in [0.2, 0.25) is 0 Å². The number of unbranched alkanes of at least 4 members (excludes halogenated alkanes) is 1. The lowest BCUT2D eigenvalue weighted by molar-refractivity contribution is 0.0580. The molecule has 1 aromatic carbocycles. The first-order chi connectivity index (χ1) is 11.1. The van der Waals surface area contributed by atoms with Gasteiger partial charge < -0.3 is 9.84 Å². The van der Waals surface area contributed by atoms with Crippen LogP contribution in [0.25, 0.3) is 0 Å². The summed E-state index contributed by atoms with van der Waals surface area (Å²) in [6, 6.07) is 6.28. The summed E-state index contributed by atoms with van der Waals surface area (Å²) in [7, 11) is 0. The highest BCUT2D eigenvalue weighted by Crippen LogP contribution is 2.23. The van der Waals surface area contributed by atoms with Crippen LogP contribution in [0, 0.1) is 11.7 Å². The molecule has 0 fully saturated rings. The molecule has 126 valence electrons. The van der Waals surface area contributed by atoms with Gasteiger partial charge in [-0.25, -0.2) is 14.1 Å². The molecule has 0 spiro atoms. The van der Waals surface area contributed by atoms with Crippen molar-refractivity contribution < 1.29 is 14.2 Å². The number of aromatic nitrogens is 3. The Kier molecular flexibility index (Phi) is 6.52. The molecular weight excluding hydrogens is 297 g/mol. The summed E-state index contributed by atoms with van der Waals surface area (Å²) < 4.78 is 20.6. The van der Waals surface area contributed by atoms with Crippen molar-refractivity contribution in [2.75, 3.05) is 6.61 Å². The standard InChI is InChI=1S/C17H24FN3O2/c1-13(2)17(22)15(21-12-19-11-20-21)8-5-6-10-23-16-9-4-3-7-14(16)18/h3-4,7,9,11-13,15,17,22H,5-6,8,10H2,1-2H3/t15-,17+/m1/s1. The number of hydrogen-bond donors (Lipinski definition) is 1. The summed E-state index contributed by atoms with van der Waals surface area (Å²) in [5.41, 5.74) is 0. The maximum Gasteiger partial charge on any atom is 0.165 e. The first kappa shape index (κ1) is 17.4. The van der Waals surface area contributed by atoms with Crippen molar-refractivity contribution >= 4 is 0 Å². The van der Waals surface area contributed by atoms with Gasteiger partial charge in [0.25, 0.3) is 0 Å². The number of halogens is 1. The molecule has 2 aromatic rings. The van der Waals surface area contributed by atoms with Crippen molar-refractivity contribution in [1.82, 2.24) is 14.8 Å². The van der Waals surface area contributed by atoms with E-state index in [2.05, 4.69) is 10.1 Å². The van der Waals surface area contributed by atoms with Gasteiger partial charge in [-0.15, -0.1) is 0 Å². The zero-order chi connectivity index (χ0) is 16.7. The lowest BCUT2D eigenvalue weighted by atomic mass is 9.95. The third kappa shape index (κ3) is 5.03. The molecule has 23 heavy (non-hydrogen) atoms. The summed E-state index contributed by atoms with van der Waals surface area (Å²) in [5, 5.41) is 14.5. The lowest BCUT2D eigenvalue weighted by Crippen LogP contribution is -2.29. The minimum Gasteiger partial charge on any atom is -0.491 e. The van der Waals surface area contributed by atoms with Crippen molar-refractivity contribution in [2.45, 2.75) is 45.3 Å². The molecule has 2 rings (SSSR count). The molecule has 0 unspecified atom stereocenters. The first-order valence-electron chi connectivity index (χ1n) is 7.99. The van der Waals surface area contributed by atoms with Gasteiger partial charge in [0.1, 0.15) is 12.7 Å². The van der Waals surface area contributed by atoms with Gasteiger partial charge in [0, 0.05) is 0 Å². The Bertz CT molecular complexity index is 575. The second-order valence-electron chi connectivity index (χ2n) is 5.95. The topological polar surface area (TPSA) is 60.2 Å². The Morgan fingerprint density at radius 2 is 2.04 bits per heavy atom. The SMILES string of the molecule is CC(C)[C@H](O)[C@@H](CCCCOc1ccccc1F)n1cncn1. The molecule has 0 aliphatic heterocycles. The quantitative estimate of drug-likeness (QED) is 0.720. The molecule has 1 N–H and O–H groups in total. The van der Waals surface area contributed by atoms with Gasteiger partial charge >= 0.3 is 0 Å². The number of rotatable bonds is 9. The Morgan fingerprint density at radius 3 is 2.70 bits per heavy atom. The lowest BCUT2D eigenvalue weighted by Gasteiger charge is -2.25. The number of para-hydroxylation sites is 1. The van der Waals surface area contributed by atoms with Crippen LogP contribution >= 0.6 is 0 Å². The van der Waals surface area contributed by atoms with E-state index in [1.807, 2.05) is 13.8 Å². The molecule has 0 saturated carbocycles. The third-order valence-corrected chi connectivity index (χ3v) is 3.84. The molecule has 0 aliphatic rings. The van der Waals surface area contributed by atoms with E-state index in [4.69, 9.17) is 4.74 Å². The monoisotopic (exact) mass is 321 g/mol. The maximum atomic E-state index is 13.4. The van der Waals surface area contributed by atoms with Gasteiger partial charge in [0.15, 0.2) is 11.6 Å². The average Bonchev–Trinajstić information content (AvgIpc) is 3.06. The van der Waals surface area contributed by atoms with E-state index in [1.54, 1.807) is 29.2 Å². The Morgan fingerprint density at radius 1 is 1.26 bits per heavy atom. The van der Waals surface area contributed by atoms with Crippen molar-refractivity contribution in [3.63, 3.8) is 0 Å². The highest BCUT2D eigenvalue weighted by atomic mass is 19.1. The zero-order valence-electron chi connectivity index (χ0n) is 13.6. The minimum atomic E-state index is -0.482. The van der Waals surface area contributed by atoms with E-state index in [1.165, 1.54) is 12.4 Å². The number of aliphatic hydroxyl groups is 1. The van der Waals surface area contributed by atoms with Crippen LogP contribution in [0.15, 0.2) is 36.9 Å². The van der Waals surface area contributed by atoms with Gasteiger partial charge in [-0.05, 0) is 37.3 Å². The summed E-state index contributed by atoms with van der Waals surface area (Å²) in [6.45, 7) is 4.41. The molecule has 1 heterocycles. The number of aliphatic hydroxyl groups excluding tert-OH is 1. The summed E-state index contributed by atoms with van der Waals surface area (Å²) in [4.78, 5) is 3.95. The number of ether oxygens (including phenoxy) is 1. The van der Waals surface area contributed by atoms with Crippen molar-refractivity contribution in [1.29, 1.82) is 0 Å². The van der Waals surface area contributed by atoms with Crippen LogP contribution in [0.4, 0.5) is 4.39 Å². The highest BCUT2D eigenvalue weighted by Gasteiger charge is 2.24. The largest absolute Gasteiger partial charge is 0.491 e. The first-order valence-corrected chi connectivity index (χ1v) is 7.99. The van der Waals surface area contributed by atoms with Gasteiger partial charge in [-0.3, -0.25) is 0 Å².